The van der Waals surface area contributed by atoms with Gasteiger partial charge in [0.25, 0.3) is 5.91 Å². The van der Waals surface area contributed by atoms with Gasteiger partial charge in [0.2, 0.25) is 11.8 Å². The third kappa shape index (κ3) is 3.37. The maximum atomic E-state index is 13.2. The van der Waals surface area contributed by atoms with E-state index in [2.05, 4.69) is 10.6 Å². The highest BCUT2D eigenvalue weighted by atomic mass is 16.5. The van der Waals surface area contributed by atoms with Crippen LogP contribution in [0.5, 0.6) is 5.75 Å². The number of likely N-dealkylation sites (tertiary alicyclic amines) is 1. The van der Waals surface area contributed by atoms with Crippen LogP contribution < -0.4 is 15.4 Å². The van der Waals surface area contributed by atoms with Crippen molar-refractivity contribution in [2.24, 2.45) is 23.7 Å². The van der Waals surface area contributed by atoms with Crippen molar-refractivity contribution in [2.45, 2.75) is 63.1 Å². The van der Waals surface area contributed by atoms with Gasteiger partial charge in [0.15, 0.2) is 5.72 Å². The van der Waals surface area contributed by atoms with E-state index in [0.717, 1.165) is 58.0 Å². The first-order valence-corrected chi connectivity index (χ1v) is 12.2. The number of hydrogen-bond donors (Lipinski definition) is 2. The molecule has 1 spiro atoms. The molecule has 6 aliphatic rings. The summed E-state index contributed by atoms with van der Waals surface area (Å²) in [5, 5.41) is 6.45. The molecular formula is C25H31N3O4. The molecule has 0 aromatic heterocycles. The number of rotatable bonds is 3. The first-order chi connectivity index (χ1) is 15.5. The molecule has 1 aromatic carbocycles. The van der Waals surface area contributed by atoms with Crippen molar-refractivity contribution in [2.75, 3.05) is 13.1 Å². The van der Waals surface area contributed by atoms with Gasteiger partial charge in [-0.2, -0.15) is 0 Å². The summed E-state index contributed by atoms with van der Waals surface area (Å²) in [6.07, 6.45) is 7.16. The summed E-state index contributed by atoms with van der Waals surface area (Å²) in [5.41, 5.74) is -0.0972. The van der Waals surface area contributed by atoms with Gasteiger partial charge < -0.3 is 20.3 Å². The zero-order valence-corrected chi connectivity index (χ0v) is 18.3. The lowest BCUT2D eigenvalue weighted by Crippen LogP contribution is -2.67. The van der Waals surface area contributed by atoms with E-state index in [1.54, 1.807) is 6.07 Å². The van der Waals surface area contributed by atoms with E-state index < -0.39 is 5.72 Å². The summed E-state index contributed by atoms with van der Waals surface area (Å²) in [5.74, 6) is 1.61. The highest BCUT2D eigenvalue weighted by Gasteiger charge is 2.57. The molecule has 2 N–H and O–H groups in total. The topological polar surface area (TPSA) is 87.7 Å². The molecule has 4 atom stereocenters. The van der Waals surface area contributed by atoms with Gasteiger partial charge in [-0.1, -0.05) is 12.1 Å². The lowest BCUT2D eigenvalue weighted by Gasteiger charge is -2.55. The van der Waals surface area contributed by atoms with E-state index in [9.17, 15) is 14.4 Å². The highest BCUT2D eigenvalue weighted by molar-refractivity contribution is 5.98. The second kappa shape index (κ2) is 7.49. The van der Waals surface area contributed by atoms with E-state index in [-0.39, 0.29) is 41.5 Å². The summed E-state index contributed by atoms with van der Waals surface area (Å²) in [4.78, 5) is 40.2. The summed E-state index contributed by atoms with van der Waals surface area (Å²) >= 11 is 0. The number of ether oxygens (including phenoxy) is 1. The molecule has 7 nitrogen and oxygen atoms in total. The van der Waals surface area contributed by atoms with Crippen molar-refractivity contribution in [1.82, 2.24) is 15.5 Å². The van der Waals surface area contributed by atoms with Crippen LogP contribution in [0.25, 0.3) is 0 Å². The summed E-state index contributed by atoms with van der Waals surface area (Å²) in [6.45, 7) is 1.50. The van der Waals surface area contributed by atoms with E-state index in [0.29, 0.717) is 23.6 Å². The van der Waals surface area contributed by atoms with Crippen LogP contribution in [0.15, 0.2) is 24.3 Å². The van der Waals surface area contributed by atoms with Gasteiger partial charge in [-0.15, -0.1) is 0 Å². The molecular weight excluding hydrogens is 406 g/mol. The number of benzene rings is 1. The molecule has 1 saturated heterocycles. The monoisotopic (exact) mass is 437 g/mol. The Labute approximate surface area is 188 Å². The lowest BCUT2D eigenvalue weighted by atomic mass is 9.60. The van der Waals surface area contributed by atoms with Crippen molar-refractivity contribution in [3.63, 3.8) is 0 Å². The summed E-state index contributed by atoms with van der Waals surface area (Å²) < 4.78 is 6.40. The molecule has 7 rings (SSSR count). The van der Waals surface area contributed by atoms with Crippen LogP contribution >= 0.6 is 0 Å². The molecule has 5 fully saturated rings. The minimum atomic E-state index is -0.681. The fourth-order valence-electron chi connectivity index (χ4n) is 6.42. The van der Waals surface area contributed by atoms with Gasteiger partial charge in [-0.3, -0.25) is 14.4 Å². The SMILES string of the molecule is O=C1N[C@]2(C[C@H]3CC[C@H]2C[C@@H]3C(=O)NC2CCN(C(=O)C3CC3)CC2)Oc2ccccc21. The van der Waals surface area contributed by atoms with Crippen molar-refractivity contribution in [1.29, 1.82) is 0 Å². The van der Waals surface area contributed by atoms with Crippen LogP contribution in [0.3, 0.4) is 0 Å². The first kappa shape index (κ1) is 20.1. The van der Waals surface area contributed by atoms with E-state index in [4.69, 9.17) is 4.74 Å². The van der Waals surface area contributed by atoms with Crippen LogP contribution in [-0.4, -0.2) is 47.5 Å². The number of fused-ring (bicyclic) bond motifs is 3. The van der Waals surface area contributed by atoms with Crippen LogP contribution in [-0.2, 0) is 9.59 Å². The average molecular weight is 438 g/mol. The van der Waals surface area contributed by atoms with Crippen LogP contribution in [0.1, 0.15) is 61.7 Å². The summed E-state index contributed by atoms with van der Waals surface area (Å²) in [7, 11) is 0. The number of piperidine rings is 1. The number of amides is 3. The number of carbonyl (C=O) groups excluding carboxylic acids is 3. The Morgan fingerprint density at radius 1 is 1.06 bits per heavy atom. The lowest BCUT2D eigenvalue weighted by molar-refractivity contribution is -0.147. The number of hydrogen-bond acceptors (Lipinski definition) is 4. The Bertz CT molecular complexity index is 952. The molecule has 4 aliphatic carbocycles. The number of para-hydroxylation sites is 1. The standard InChI is InChI=1S/C25H31N3O4/c29-22(26-18-9-11-28(12-10-18)24(31)15-5-6-15)20-13-17-8-7-16(20)14-25(17)27-23(30)19-3-1-2-4-21(19)32-25/h1-4,15-18,20H,5-14H2,(H,26,29)(H,27,30)/t16-,17+,20+,25-/m1/s1. The molecule has 7 heteroatoms. The number of carbonyl (C=O) groups is 3. The molecule has 0 radical (unpaired) electrons. The minimum Gasteiger partial charge on any atom is -0.467 e. The Kier molecular flexibility index (Phi) is 4.70. The molecule has 2 heterocycles. The zero-order chi connectivity index (χ0) is 21.9. The van der Waals surface area contributed by atoms with E-state index in [1.165, 1.54) is 0 Å². The van der Waals surface area contributed by atoms with E-state index in [1.807, 2.05) is 23.1 Å². The fraction of sp³-hybridized carbons (Fsp3) is 0.640. The predicted molar refractivity (Wildman–Crippen MR) is 117 cm³/mol. The van der Waals surface area contributed by atoms with Gasteiger partial charge in [0, 0.05) is 43.3 Å². The highest BCUT2D eigenvalue weighted by Crippen LogP contribution is 2.52. The number of nitrogens with one attached hydrogen (secondary N) is 2. The van der Waals surface area contributed by atoms with Crippen LogP contribution in [0.4, 0.5) is 0 Å². The van der Waals surface area contributed by atoms with Gasteiger partial charge >= 0.3 is 0 Å². The normalized spacial score (nSPS) is 33.9. The predicted octanol–water partition coefficient (Wildman–Crippen LogP) is 2.46. The maximum absolute atomic E-state index is 13.2. The van der Waals surface area contributed by atoms with Crippen molar-refractivity contribution >= 4 is 17.7 Å². The zero-order valence-electron chi connectivity index (χ0n) is 18.3. The Morgan fingerprint density at radius 2 is 1.84 bits per heavy atom. The first-order valence-electron chi connectivity index (χ1n) is 12.2. The molecule has 1 aromatic rings. The molecule has 3 amide bonds. The summed E-state index contributed by atoms with van der Waals surface area (Å²) in [6, 6.07) is 7.55. The number of nitrogens with zero attached hydrogens (tertiary/aromatic N) is 1. The Morgan fingerprint density at radius 3 is 2.56 bits per heavy atom. The van der Waals surface area contributed by atoms with Crippen molar-refractivity contribution in [3.05, 3.63) is 29.8 Å². The fourth-order valence-corrected chi connectivity index (χ4v) is 6.42. The largest absolute Gasteiger partial charge is 0.467 e. The molecule has 2 aliphatic heterocycles. The third-order valence-electron chi connectivity index (χ3n) is 8.38. The molecule has 170 valence electrons. The molecule has 2 bridgehead atoms. The van der Waals surface area contributed by atoms with Crippen LogP contribution in [0.2, 0.25) is 0 Å². The van der Waals surface area contributed by atoms with Gasteiger partial charge in [-0.05, 0) is 63.0 Å². The van der Waals surface area contributed by atoms with E-state index >= 15 is 0 Å². The van der Waals surface area contributed by atoms with Crippen molar-refractivity contribution in [3.8, 4) is 5.75 Å². The Balaban J connectivity index is 1.08. The quantitative estimate of drug-likeness (QED) is 0.761. The van der Waals surface area contributed by atoms with Gasteiger partial charge in [0.1, 0.15) is 5.75 Å². The molecule has 4 saturated carbocycles. The average Bonchev–Trinajstić information content (AvgIpc) is 3.65. The second-order valence-corrected chi connectivity index (χ2v) is 10.4. The Hall–Kier alpha value is -2.57. The third-order valence-corrected chi connectivity index (χ3v) is 8.38. The molecule has 32 heavy (non-hydrogen) atoms. The molecule has 0 unspecified atom stereocenters. The minimum absolute atomic E-state index is 0.0248. The van der Waals surface area contributed by atoms with Gasteiger partial charge in [-0.25, -0.2) is 0 Å². The second-order valence-electron chi connectivity index (χ2n) is 10.4. The van der Waals surface area contributed by atoms with Gasteiger partial charge in [0.05, 0.1) is 5.56 Å². The smallest absolute Gasteiger partial charge is 0.258 e. The van der Waals surface area contributed by atoms with Crippen molar-refractivity contribution < 1.29 is 19.1 Å². The van der Waals surface area contributed by atoms with Crippen LogP contribution in [0, 0.1) is 23.7 Å². The maximum Gasteiger partial charge on any atom is 0.258 e.